The molecule has 4 heteroatoms. The molecule has 0 N–H and O–H groups in total. The molecule has 2 aromatic carbocycles. The number of hydrogen-bond donors (Lipinski definition) is 0. The highest BCUT2D eigenvalue weighted by molar-refractivity contribution is 8.00. The summed E-state index contributed by atoms with van der Waals surface area (Å²) in [5.41, 5.74) is 1.97. The van der Waals surface area contributed by atoms with E-state index in [4.69, 9.17) is 23.2 Å². The molecule has 0 saturated carbocycles. The summed E-state index contributed by atoms with van der Waals surface area (Å²) in [6.45, 7) is 1.98. The van der Waals surface area contributed by atoms with Crippen LogP contribution in [0.5, 0.6) is 0 Å². The molecule has 0 amide bonds. The zero-order valence-corrected chi connectivity index (χ0v) is 13.4. The van der Waals surface area contributed by atoms with Gasteiger partial charge in [0.05, 0.1) is 10.8 Å². The number of aryl methyl sites for hydroxylation is 1. The van der Waals surface area contributed by atoms with Crippen LogP contribution in [0.3, 0.4) is 0 Å². The Hall–Kier alpha value is -0.960. The van der Waals surface area contributed by atoms with Gasteiger partial charge in [0.2, 0.25) is 0 Å². The van der Waals surface area contributed by atoms with E-state index in [1.807, 2.05) is 49.4 Å². The number of halogens is 2. The Labute approximate surface area is 133 Å². The van der Waals surface area contributed by atoms with E-state index >= 15 is 0 Å². The first kappa shape index (κ1) is 15.4. The van der Waals surface area contributed by atoms with Gasteiger partial charge < -0.3 is 0 Å². The maximum atomic E-state index is 12.0. The molecule has 20 heavy (non-hydrogen) atoms. The molecular formula is C16H14Cl2OS. The second kappa shape index (κ2) is 7.16. The Morgan fingerprint density at radius 3 is 2.55 bits per heavy atom. The predicted octanol–water partition coefficient (Wildman–Crippen LogP) is 5.21. The summed E-state index contributed by atoms with van der Waals surface area (Å²) in [5.74, 6) is 0.536. The Balaban J connectivity index is 1.94. The van der Waals surface area contributed by atoms with E-state index in [2.05, 4.69) is 0 Å². The zero-order chi connectivity index (χ0) is 14.5. The maximum Gasteiger partial charge on any atom is 0.147 e. The summed E-state index contributed by atoms with van der Waals surface area (Å²) >= 11 is 13.7. The number of carbonyl (C=O) groups excluding carboxylic acids is 1. The molecule has 2 aromatic rings. The third kappa shape index (κ3) is 4.27. The zero-order valence-electron chi connectivity index (χ0n) is 11.0. The number of carbonyl (C=O) groups is 1. The third-order valence-corrected chi connectivity index (χ3v) is 4.75. The molecule has 104 valence electrons. The average Bonchev–Trinajstić information content (AvgIpc) is 2.41. The monoisotopic (exact) mass is 324 g/mol. The Morgan fingerprint density at radius 2 is 1.85 bits per heavy atom. The lowest BCUT2D eigenvalue weighted by Gasteiger charge is -2.06. The summed E-state index contributed by atoms with van der Waals surface area (Å²) in [6.07, 6.45) is 0.358. The SMILES string of the molecule is Cc1ccc(CC(=O)CSc2ccccc2Cl)c(Cl)c1. The molecule has 0 radical (unpaired) electrons. The first-order chi connectivity index (χ1) is 9.56. The molecule has 0 saturated heterocycles. The predicted molar refractivity (Wildman–Crippen MR) is 87.1 cm³/mol. The summed E-state index contributed by atoms with van der Waals surface area (Å²) < 4.78 is 0. The molecule has 0 bridgehead atoms. The smallest absolute Gasteiger partial charge is 0.147 e. The topological polar surface area (TPSA) is 17.1 Å². The van der Waals surface area contributed by atoms with Crippen LogP contribution in [0.25, 0.3) is 0 Å². The molecule has 0 heterocycles. The van der Waals surface area contributed by atoms with Gasteiger partial charge in [0.1, 0.15) is 5.78 Å². The van der Waals surface area contributed by atoms with Gasteiger partial charge in [-0.15, -0.1) is 11.8 Å². The van der Waals surface area contributed by atoms with Crippen molar-refractivity contribution in [1.29, 1.82) is 0 Å². The van der Waals surface area contributed by atoms with Crippen LogP contribution in [-0.2, 0) is 11.2 Å². The molecule has 2 rings (SSSR count). The van der Waals surface area contributed by atoms with Crippen LogP contribution in [-0.4, -0.2) is 11.5 Å². The van der Waals surface area contributed by atoms with Gasteiger partial charge >= 0.3 is 0 Å². The number of rotatable bonds is 5. The van der Waals surface area contributed by atoms with Gasteiger partial charge in [0.25, 0.3) is 0 Å². The van der Waals surface area contributed by atoms with Crippen LogP contribution in [0.15, 0.2) is 47.4 Å². The average molecular weight is 325 g/mol. The molecule has 0 atom stereocenters. The minimum absolute atomic E-state index is 0.140. The summed E-state index contributed by atoms with van der Waals surface area (Å²) in [7, 11) is 0. The minimum atomic E-state index is 0.140. The van der Waals surface area contributed by atoms with E-state index in [0.29, 0.717) is 22.2 Å². The maximum absolute atomic E-state index is 12.0. The lowest BCUT2D eigenvalue weighted by atomic mass is 10.1. The standard InChI is InChI=1S/C16H14Cl2OS/c1-11-6-7-12(15(18)8-11)9-13(19)10-20-16-5-3-2-4-14(16)17/h2-8H,9-10H2,1H3. The molecule has 0 aromatic heterocycles. The van der Waals surface area contributed by atoms with E-state index in [9.17, 15) is 4.79 Å². The number of Topliss-reactive ketones (excluding diaryl/α,β-unsaturated/α-hetero) is 1. The van der Waals surface area contributed by atoms with Crippen molar-refractivity contribution >= 4 is 40.7 Å². The second-order valence-corrected chi connectivity index (χ2v) is 6.36. The van der Waals surface area contributed by atoms with Crippen LogP contribution in [0, 0.1) is 6.92 Å². The van der Waals surface area contributed by atoms with Crippen molar-refractivity contribution in [1.82, 2.24) is 0 Å². The molecule has 0 fully saturated rings. The van der Waals surface area contributed by atoms with E-state index in [1.54, 1.807) is 0 Å². The van der Waals surface area contributed by atoms with Crippen LogP contribution < -0.4 is 0 Å². The van der Waals surface area contributed by atoms with E-state index in [0.717, 1.165) is 16.0 Å². The molecule has 0 aliphatic heterocycles. The molecule has 0 aliphatic carbocycles. The van der Waals surface area contributed by atoms with E-state index < -0.39 is 0 Å². The second-order valence-electron chi connectivity index (χ2n) is 4.53. The fourth-order valence-electron chi connectivity index (χ4n) is 1.78. The van der Waals surface area contributed by atoms with Crippen molar-refractivity contribution < 1.29 is 4.79 Å². The van der Waals surface area contributed by atoms with Gasteiger partial charge in [-0.2, -0.15) is 0 Å². The van der Waals surface area contributed by atoms with E-state index in [-0.39, 0.29) is 5.78 Å². The fraction of sp³-hybridized carbons (Fsp3) is 0.188. The highest BCUT2D eigenvalue weighted by atomic mass is 35.5. The lowest BCUT2D eigenvalue weighted by Crippen LogP contribution is -2.06. The molecule has 0 aliphatic rings. The molecular weight excluding hydrogens is 311 g/mol. The normalized spacial score (nSPS) is 10.6. The van der Waals surface area contributed by atoms with Crippen molar-refractivity contribution in [2.75, 3.05) is 5.75 Å². The summed E-state index contributed by atoms with van der Waals surface area (Å²) in [6, 6.07) is 13.3. The largest absolute Gasteiger partial charge is 0.298 e. The fourth-order valence-corrected chi connectivity index (χ4v) is 3.18. The van der Waals surface area contributed by atoms with Crippen molar-refractivity contribution in [3.8, 4) is 0 Å². The first-order valence-corrected chi connectivity index (χ1v) is 7.94. The summed E-state index contributed by atoms with van der Waals surface area (Å²) in [4.78, 5) is 12.9. The van der Waals surface area contributed by atoms with Crippen LogP contribution in [0.4, 0.5) is 0 Å². The molecule has 0 spiro atoms. The Kier molecular flexibility index (Phi) is 5.53. The number of ketones is 1. The van der Waals surface area contributed by atoms with Gasteiger partial charge in [-0.1, -0.05) is 47.5 Å². The van der Waals surface area contributed by atoms with Gasteiger partial charge in [0.15, 0.2) is 0 Å². The molecule has 1 nitrogen and oxygen atoms in total. The third-order valence-electron chi connectivity index (χ3n) is 2.82. The Morgan fingerprint density at radius 1 is 1.10 bits per heavy atom. The number of thioether (sulfide) groups is 1. The van der Waals surface area contributed by atoms with E-state index in [1.165, 1.54) is 11.8 Å². The number of hydrogen-bond acceptors (Lipinski definition) is 2. The van der Waals surface area contributed by atoms with Gasteiger partial charge in [-0.05, 0) is 36.2 Å². The van der Waals surface area contributed by atoms with Crippen LogP contribution in [0.1, 0.15) is 11.1 Å². The van der Waals surface area contributed by atoms with Crippen molar-refractivity contribution in [3.05, 3.63) is 63.6 Å². The highest BCUT2D eigenvalue weighted by Gasteiger charge is 2.09. The quantitative estimate of drug-likeness (QED) is 0.702. The van der Waals surface area contributed by atoms with Crippen molar-refractivity contribution in [3.63, 3.8) is 0 Å². The first-order valence-electron chi connectivity index (χ1n) is 6.20. The highest BCUT2D eigenvalue weighted by Crippen LogP contribution is 2.27. The van der Waals surface area contributed by atoms with Crippen LogP contribution >= 0.6 is 35.0 Å². The minimum Gasteiger partial charge on any atom is -0.298 e. The van der Waals surface area contributed by atoms with Crippen molar-refractivity contribution in [2.24, 2.45) is 0 Å². The molecule has 0 unspecified atom stereocenters. The lowest BCUT2D eigenvalue weighted by molar-refractivity contribution is -0.116. The number of benzene rings is 2. The van der Waals surface area contributed by atoms with Crippen molar-refractivity contribution in [2.45, 2.75) is 18.2 Å². The van der Waals surface area contributed by atoms with Gasteiger partial charge in [-0.25, -0.2) is 0 Å². The Bertz CT molecular complexity index is 626. The van der Waals surface area contributed by atoms with Crippen LogP contribution in [0.2, 0.25) is 10.0 Å². The summed E-state index contributed by atoms with van der Waals surface area (Å²) in [5, 5.41) is 1.33. The van der Waals surface area contributed by atoms with Gasteiger partial charge in [0, 0.05) is 16.3 Å². The van der Waals surface area contributed by atoms with Gasteiger partial charge in [-0.3, -0.25) is 4.79 Å².